The van der Waals surface area contributed by atoms with Gasteiger partial charge in [-0.3, -0.25) is 0 Å². The van der Waals surface area contributed by atoms with Crippen LogP contribution < -0.4 is 4.74 Å². The van der Waals surface area contributed by atoms with Gasteiger partial charge in [0.25, 0.3) is 0 Å². The average Bonchev–Trinajstić information content (AvgIpc) is 2.87. The van der Waals surface area contributed by atoms with Gasteiger partial charge in [0, 0.05) is 18.4 Å². The summed E-state index contributed by atoms with van der Waals surface area (Å²) in [6.45, 7) is 6.56. The topological polar surface area (TPSA) is 47.9 Å². The molecule has 0 amide bonds. The van der Waals surface area contributed by atoms with E-state index in [2.05, 4.69) is 37.9 Å². The fraction of sp³-hybridized carbons (Fsp3) is 0.467. The average molecular weight is 532 g/mol. The molecule has 200 valence electrons. The lowest BCUT2D eigenvalue weighted by Crippen LogP contribution is -2.43. The number of hydrogen-bond donors (Lipinski definition) is 0. The van der Waals surface area contributed by atoms with Crippen molar-refractivity contribution in [2.24, 2.45) is 16.8 Å². The maximum atomic E-state index is 14.5. The maximum Gasteiger partial charge on any atom is 0.330 e. The van der Waals surface area contributed by atoms with Gasteiger partial charge in [-0.25, -0.2) is 9.79 Å². The predicted molar refractivity (Wildman–Crippen MR) is 145 cm³/mol. The Morgan fingerprint density at radius 1 is 1.11 bits per heavy atom. The summed E-state index contributed by atoms with van der Waals surface area (Å²) in [6.07, 6.45) is 4.64. The Morgan fingerprint density at radius 2 is 1.78 bits per heavy atom. The number of alkyl halides is 2. The molecule has 3 atom stereocenters. The molecule has 37 heavy (non-hydrogen) atoms. The molecular weight excluding hydrogens is 496 g/mol. The van der Waals surface area contributed by atoms with Gasteiger partial charge >= 0.3 is 11.9 Å². The number of nitrogens with zero attached hydrogens (tertiary/aromatic N) is 1. The summed E-state index contributed by atoms with van der Waals surface area (Å²) in [5.41, 5.74) is 1.35. The number of allylic oxidation sites excluding steroid dienone is 1. The van der Waals surface area contributed by atoms with Crippen LogP contribution in [0.3, 0.4) is 0 Å². The Bertz CT molecular complexity index is 1080. The zero-order valence-corrected chi connectivity index (χ0v) is 22.7. The Balaban J connectivity index is 1.58. The van der Waals surface area contributed by atoms with Crippen molar-refractivity contribution in [2.45, 2.75) is 70.3 Å². The molecule has 0 unspecified atom stereocenters. The molecular formula is C30H36ClF2NO3. The molecule has 2 aromatic carbocycles. The first-order chi connectivity index (χ1) is 17.5. The van der Waals surface area contributed by atoms with Crippen LogP contribution in [-0.2, 0) is 14.9 Å². The third kappa shape index (κ3) is 7.88. The molecule has 0 aromatic heterocycles. The van der Waals surface area contributed by atoms with E-state index in [-0.39, 0.29) is 23.9 Å². The lowest BCUT2D eigenvalue weighted by molar-refractivity contribution is -0.150. The molecule has 1 aliphatic rings. The molecule has 4 nitrogen and oxygen atoms in total. The minimum atomic E-state index is -3.32. The van der Waals surface area contributed by atoms with E-state index in [1.54, 1.807) is 24.3 Å². The Kier molecular flexibility index (Phi) is 9.88. The molecule has 0 saturated heterocycles. The molecule has 0 spiro atoms. The summed E-state index contributed by atoms with van der Waals surface area (Å²) in [4.78, 5) is 16.4. The molecule has 1 saturated carbocycles. The van der Waals surface area contributed by atoms with Crippen LogP contribution in [0.15, 0.2) is 71.7 Å². The van der Waals surface area contributed by atoms with Crippen molar-refractivity contribution in [3.05, 3.63) is 72.3 Å². The van der Waals surface area contributed by atoms with E-state index < -0.39 is 23.5 Å². The fourth-order valence-corrected chi connectivity index (χ4v) is 5.15. The van der Waals surface area contributed by atoms with Gasteiger partial charge in [-0.1, -0.05) is 75.2 Å². The van der Waals surface area contributed by atoms with Gasteiger partial charge in [-0.05, 0) is 60.4 Å². The summed E-state index contributed by atoms with van der Waals surface area (Å²) in [7, 11) is 1.52. The molecule has 0 aliphatic heterocycles. The quantitative estimate of drug-likeness (QED) is 0.176. The number of ether oxygens (including phenoxy) is 2. The summed E-state index contributed by atoms with van der Waals surface area (Å²) in [5.74, 6) is -2.61. The Labute approximate surface area is 223 Å². The van der Waals surface area contributed by atoms with Crippen molar-refractivity contribution in [1.82, 2.24) is 0 Å². The highest BCUT2D eigenvalue weighted by Crippen LogP contribution is 2.43. The molecule has 0 bridgehead atoms. The van der Waals surface area contributed by atoms with E-state index in [1.165, 1.54) is 24.8 Å². The zero-order chi connectivity index (χ0) is 27.1. The molecule has 0 radical (unpaired) electrons. The summed E-state index contributed by atoms with van der Waals surface area (Å²) in [5, 5.41) is -0.796. The molecule has 1 aliphatic carbocycles. The third-order valence-corrected chi connectivity index (χ3v) is 7.61. The predicted octanol–water partition coefficient (Wildman–Crippen LogP) is 8.26. The molecule has 7 heteroatoms. The highest BCUT2D eigenvalue weighted by Gasteiger charge is 2.41. The van der Waals surface area contributed by atoms with Crippen molar-refractivity contribution in [1.29, 1.82) is 0 Å². The van der Waals surface area contributed by atoms with Crippen molar-refractivity contribution in [3.8, 4) is 5.75 Å². The lowest BCUT2D eigenvalue weighted by Gasteiger charge is -2.43. The molecule has 0 heterocycles. The van der Waals surface area contributed by atoms with Crippen LogP contribution >= 0.6 is 11.6 Å². The van der Waals surface area contributed by atoms with Crippen LogP contribution in [0.5, 0.6) is 5.75 Å². The number of halogens is 3. The number of carbonyl (C=O) groups is 1. The first-order valence-corrected chi connectivity index (χ1v) is 13.1. The standard InChI is InChI=1S/C30H36ClF2NO3/c1-21-13-18-25(29(2,3)22-10-6-5-7-11-22)26(20-21)37-27(35)12-8-9-19-30(32,33)28(31)34-23-14-16-24(36-4)17-15-23/h5-8,10-12,14-17,21,25-26H,9,13,18-20H2,1-4H3/b12-8+,34-28?/t21-,25-,26-/m1/s1. The lowest BCUT2D eigenvalue weighted by atomic mass is 9.64. The van der Waals surface area contributed by atoms with E-state index in [9.17, 15) is 13.6 Å². The molecule has 3 rings (SSSR count). The first kappa shape index (κ1) is 28.8. The minimum Gasteiger partial charge on any atom is -0.497 e. The zero-order valence-electron chi connectivity index (χ0n) is 21.9. The van der Waals surface area contributed by atoms with Crippen LogP contribution in [0.1, 0.15) is 58.4 Å². The largest absolute Gasteiger partial charge is 0.497 e. The van der Waals surface area contributed by atoms with Crippen molar-refractivity contribution < 1.29 is 23.0 Å². The number of esters is 1. The van der Waals surface area contributed by atoms with Gasteiger partial charge in [0.1, 0.15) is 11.9 Å². The Hall–Kier alpha value is -2.73. The number of carbonyl (C=O) groups excluding carboxylic acids is 1. The van der Waals surface area contributed by atoms with Crippen molar-refractivity contribution in [3.63, 3.8) is 0 Å². The molecule has 1 fully saturated rings. The number of hydrogen-bond acceptors (Lipinski definition) is 4. The van der Waals surface area contributed by atoms with Crippen LogP contribution in [0.25, 0.3) is 0 Å². The second-order valence-electron chi connectivity index (χ2n) is 10.3. The number of benzene rings is 2. The van der Waals surface area contributed by atoms with E-state index in [0.717, 1.165) is 19.3 Å². The number of methoxy groups -OCH3 is 1. The summed E-state index contributed by atoms with van der Waals surface area (Å²) < 4.78 is 39.9. The van der Waals surface area contributed by atoms with Crippen molar-refractivity contribution >= 4 is 28.4 Å². The van der Waals surface area contributed by atoms with Gasteiger partial charge in [0.2, 0.25) is 0 Å². The smallest absolute Gasteiger partial charge is 0.330 e. The fourth-order valence-electron chi connectivity index (χ4n) is 4.95. The maximum absolute atomic E-state index is 14.5. The van der Waals surface area contributed by atoms with Gasteiger partial charge in [-0.2, -0.15) is 8.78 Å². The second-order valence-corrected chi connectivity index (χ2v) is 10.7. The van der Waals surface area contributed by atoms with Gasteiger partial charge in [-0.15, -0.1) is 0 Å². The Morgan fingerprint density at radius 3 is 2.43 bits per heavy atom. The summed E-state index contributed by atoms with van der Waals surface area (Å²) in [6, 6.07) is 16.6. The third-order valence-electron chi connectivity index (χ3n) is 7.25. The highest BCUT2D eigenvalue weighted by molar-refractivity contribution is 6.67. The molecule has 0 N–H and O–H groups in total. The van der Waals surface area contributed by atoms with E-state index >= 15 is 0 Å². The second kappa shape index (κ2) is 12.7. The van der Waals surface area contributed by atoms with E-state index in [4.69, 9.17) is 21.1 Å². The monoisotopic (exact) mass is 531 g/mol. The first-order valence-electron chi connectivity index (χ1n) is 12.7. The van der Waals surface area contributed by atoms with Crippen LogP contribution in [0, 0.1) is 11.8 Å². The highest BCUT2D eigenvalue weighted by atomic mass is 35.5. The molecule has 2 aromatic rings. The van der Waals surface area contributed by atoms with Crippen LogP contribution in [-0.4, -0.2) is 30.3 Å². The van der Waals surface area contributed by atoms with Gasteiger partial charge in [0.15, 0.2) is 5.17 Å². The number of rotatable bonds is 10. The van der Waals surface area contributed by atoms with Crippen LogP contribution in [0.4, 0.5) is 14.5 Å². The normalized spacial score (nSPS) is 21.2. The van der Waals surface area contributed by atoms with Gasteiger partial charge < -0.3 is 9.47 Å². The van der Waals surface area contributed by atoms with Crippen LogP contribution in [0.2, 0.25) is 0 Å². The summed E-state index contributed by atoms with van der Waals surface area (Å²) >= 11 is 5.83. The van der Waals surface area contributed by atoms with E-state index in [0.29, 0.717) is 17.4 Å². The van der Waals surface area contributed by atoms with Crippen molar-refractivity contribution in [2.75, 3.05) is 7.11 Å². The number of aliphatic imine (C=N–C) groups is 1. The van der Waals surface area contributed by atoms with E-state index in [1.807, 2.05) is 18.2 Å². The van der Waals surface area contributed by atoms with Gasteiger partial charge in [0.05, 0.1) is 12.8 Å². The SMILES string of the molecule is COc1ccc(N=C(Cl)C(F)(F)CC/C=C/C(=O)O[C@@H]2C[C@H](C)CC[C@H]2C(C)(C)c2ccccc2)cc1. The minimum absolute atomic E-state index is 0.0452.